The van der Waals surface area contributed by atoms with Crippen LogP contribution in [0.2, 0.25) is 0 Å². The Morgan fingerprint density at radius 3 is 3.07 bits per heavy atom. The first-order valence-electron chi connectivity index (χ1n) is 5.15. The molecule has 0 spiro atoms. The summed E-state index contributed by atoms with van der Waals surface area (Å²) >= 11 is 0. The van der Waals surface area contributed by atoms with Crippen LogP contribution in [0.15, 0.2) is 22.8 Å². The van der Waals surface area contributed by atoms with Gasteiger partial charge in [-0.15, -0.1) is 0 Å². The molecule has 2 N–H and O–H groups in total. The fourth-order valence-electron chi connectivity index (χ4n) is 1.37. The van der Waals surface area contributed by atoms with Crippen molar-refractivity contribution >= 4 is 5.91 Å². The van der Waals surface area contributed by atoms with Gasteiger partial charge >= 0.3 is 0 Å². The minimum atomic E-state index is -0.0249. The van der Waals surface area contributed by atoms with Crippen LogP contribution < -0.4 is 5.32 Å². The first-order chi connectivity index (χ1) is 7.22. The van der Waals surface area contributed by atoms with E-state index in [2.05, 4.69) is 5.32 Å². The molecule has 0 fully saturated rings. The van der Waals surface area contributed by atoms with Gasteiger partial charge in [0.2, 0.25) is 5.91 Å². The zero-order valence-electron chi connectivity index (χ0n) is 8.90. The van der Waals surface area contributed by atoms with Crippen molar-refractivity contribution in [3.8, 4) is 0 Å². The first kappa shape index (κ1) is 11.8. The minimum Gasteiger partial charge on any atom is -0.469 e. The number of carbonyl (C=O) groups excluding carboxylic acids is 1. The normalized spacial score (nSPS) is 12.4. The number of hydrogen-bond acceptors (Lipinski definition) is 3. The summed E-state index contributed by atoms with van der Waals surface area (Å²) < 4.78 is 5.18. The zero-order valence-corrected chi connectivity index (χ0v) is 8.90. The van der Waals surface area contributed by atoms with Crippen molar-refractivity contribution in [1.29, 1.82) is 0 Å². The number of rotatable bonds is 6. The Kier molecular flexibility index (Phi) is 4.90. The maximum absolute atomic E-state index is 11.3. The van der Waals surface area contributed by atoms with Crippen LogP contribution in [0.1, 0.15) is 25.5 Å². The molecule has 1 rings (SSSR count). The minimum absolute atomic E-state index is 0.0249. The Labute approximate surface area is 89.3 Å². The summed E-state index contributed by atoms with van der Waals surface area (Å²) in [7, 11) is 0. The third-order valence-corrected chi connectivity index (χ3v) is 2.06. The van der Waals surface area contributed by atoms with E-state index in [0.29, 0.717) is 19.3 Å². The van der Waals surface area contributed by atoms with Crippen molar-refractivity contribution in [3.05, 3.63) is 24.2 Å². The molecule has 15 heavy (non-hydrogen) atoms. The highest BCUT2D eigenvalue weighted by atomic mass is 16.3. The summed E-state index contributed by atoms with van der Waals surface area (Å²) in [5.74, 6) is 0.841. The number of amides is 1. The number of nitrogens with one attached hydrogen (secondary N) is 1. The SMILES string of the molecule is CC(Cc1ccco1)NC(=O)CCCO. The van der Waals surface area contributed by atoms with Crippen LogP contribution >= 0.6 is 0 Å². The monoisotopic (exact) mass is 211 g/mol. The van der Waals surface area contributed by atoms with Crippen LogP contribution in [-0.2, 0) is 11.2 Å². The van der Waals surface area contributed by atoms with Crippen LogP contribution in [0.4, 0.5) is 0 Å². The summed E-state index contributed by atoms with van der Waals surface area (Å²) in [6.45, 7) is 1.99. The number of aliphatic hydroxyl groups is 1. The maximum atomic E-state index is 11.3. The molecule has 0 radical (unpaired) electrons. The summed E-state index contributed by atoms with van der Waals surface area (Å²) in [6, 6.07) is 3.77. The molecule has 4 heteroatoms. The van der Waals surface area contributed by atoms with E-state index < -0.39 is 0 Å². The molecule has 1 aromatic rings. The topological polar surface area (TPSA) is 62.5 Å². The quantitative estimate of drug-likeness (QED) is 0.740. The lowest BCUT2D eigenvalue weighted by molar-refractivity contribution is -0.121. The molecular weight excluding hydrogens is 194 g/mol. The van der Waals surface area contributed by atoms with E-state index >= 15 is 0 Å². The van der Waals surface area contributed by atoms with E-state index in [9.17, 15) is 4.79 Å². The molecule has 0 bridgehead atoms. The second-order valence-corrected chi connectivity index (χ2v) is 3.58. The fraction of sp³-hybridized carbons (Fsp3) is 0.545. The van der Waals surface area contributed by atoms with Crippen molar-refractivity contribution in [2.24, 2.45) is 0 Å². The lowest BCUT2D eigenvalue weighted by Crippen LogP contribution is -2.33. The van der Waals surface area contributed by atoms with Crippen molar-refractivity contribution < 1.29 is 14.3 Å². The molecule has 4 nitrogen and oxygen atoms in total. The van der Waals surface area contributed by atoms with E-state index in [4.69, 9.17) is 9.52 Å². The smallest absolute Gasteiger partial charge is 0.220 e. The summed E-state index contributed by atoms with van der Waals surface area (Å²) in [6.07, 6.45) is 3.20. The predicted molar refractivity (Wildman–Crippen MR) is 56.3 cm³/mol. The molecule has 0 aliphatic heterocycles. The van der Waals surface area contributed by atoms with Gasteiger partial charge in [-0.1, -0.05) is 0 Å². The lowest BCUT2D eigenvalue weighted by Gasteiger charge is -2.11. The van der Waals surface area contributed by atoms with E-state index in [1.807, 2.05) is 19.1 Å². The van der Waals surface area contributed by atoms with Crippen molar-refractivity contribution in [1.82, 2.24) is 5.32 Å². The number of aliphatic hydroxyl groups excluding tert-OH is 1. The number of furan rings is 1. The van der Waals surface area contributed by atoms with E-state index in [0.717, 1.165) is 5.76 Å². The van der Waals surface area contributed by atoms with Gasteiger partial charge < -0.3 is 14.8 Å². The predicted octanol–water partition coefficient (Wildman–Crippen LogP) is 1.10. The largest absolute Gasteiger partial charge is 0.469 e. The third-order valence-electron chi connectivity index (χ3n) is 2.06. The van der Waals surface area contributed by atoms with Crippen molar-refractivity contribution in [2.45, 2.75) is 32.2 Å². The first-order valence-corrected chi connectivity index (χ1v) is 5.15. The number of carbonyl (C=O) groups is 1. The third kappa shape index (κ3) is 4.65. The average Bonchev–Trinajstić information content (AvgIpc) is 2.67. The van der Waals surface area contributed by atoms with Crippen LogP contribution in [0.25, 0.3) is 0 Å². The highest BCUT2D eigenvalue weighted by Crippen LogP contribution is 2.04. The second kappa shape index (κ2) is 6.24. The maximum Gasteiger partial charge on any atom is 0.220 e. The molecular formula is C11H17NO3. The highest BCUT2D eigenvalue weighted by molar-refractivity contribution is 5.76. The van der Waals surface area contributed by atoms with Gasteiger partial charge in [-0.3, -0.25) is 4.79 Å². The van der Waals surface area contributed by atoms with Gasteiger partial charge in [-0.2, -0.15) is 0 Å². The molecule has 1 aromatic heterocycles. The lowest BCUT2D eigenvalue weighted by atomic mass is 10.2. The standard InChI is InChI=1S/C11H17NO3/c1-9(8-10-4-3-7-15-10)12-11(14)5-2-6-13/h3-4,7,9,13H,2,5-6,8H2,1H3,(H,12,14). The Bertz CT molecular complexity index is 282. The van der Waals surface area contributed by atoms with Gasteiger partial charge in [0.1, 0.15) is 5.76 Å². The van der Waals surface area contributed by atoms with E-state index in [1.165, 1.54) is 0 Å². The van der Waals surface area contributed by atoms with Gasteiger partial charge in [0.25, 0.3) is 0 Å². The van der Waals surface area contributed by atoms with Gasteiger partial charge in [-0.25, -0.2) is 0 Å². The van der Waals surface area contributed by atoms with Crippen LogP contribution in [0.5, 0.6) is 0 Å². The molecule has 84 valence electrons. The van der Waals surface area contributed by atoms with Gasteiger partial charge in [0.15, 0.2) is 0 Å². The Morgan fingerprint density at radius 1 is 1.67 bits per heavy atom. The second-order valence-electron chi connectivity index (χ2n) is 3.58. The molecule has 0 aliphatic rings. The van der Waals surface area contributed by atoms with E-state index in [1.54, 1.807) is 6.26 Å². The Hall–Kier alpha value is -1.29. The van der Waals surface area contributed by atoms with Gasteiger partial charge in [-0.05, 0) is 25.5 Å². The van der Waals surface area contributed by atoms with Crippen LogP contribution in [0.3, 0.4) is 0 Å². The zero-order chi connectivity index (χ0) is 11.1. The molecule has 1 heterocycles. The fourth-order valence-corrected chi connectivity index (χ4v) is 1.37. The van der Waals surface area contributed by atoms with Crippen molar-refractivity contribution in [3.63, 3.8) is 0 Å². The number of hydrogen-bond donors (Lipinski definition) is 2. The average molecular weight is 211 g/mol. The van der Waals surface area contributed by atoms with Gasteiger partial charge in [0.05, 0.1) is 6.26 Å². The highest BCUT2D eigenvalue weighted by Gasteiger charge is 2.08. The van der Waals surface area contributed by atoms with E-state index in [-0.39, 0.29) is 18.6 Å². The Morgan fingerprint density at radius 2 is 2.47 bits per heavy atom. The summed E-state index contributed by atoms with van der Waals surface area (Å²) in [4.78, 5) is 11.3. The molecule has 0 saturated heterocycles. The summed E-state index contributed by atoms with van der Waals surface area (Å²) in [5.41, 5.74) is 0. The molecule has 0 saturated carbocycles. The van der Waals surface area contributed by atoms with Crippen molar-refractivity contribution in [2.75, 3.05) is 6.61 Å². The molecule has 0 aliphatic carbocycles. The van der Waals surface area contributed by atoms with Crippen LogP contribution in [-0.4, -0.2) is 23.7 Å². The van der Waals surface area contributed by atoms with Crippen LogP contribution in [0, 0.1) is 0 Å². The van der Waals surface area contributed by atoms with Gasteiger partial charge in [0, 0.05) is 25.5 Å². The molecule has 1 amide bonds. The molecule has 1 unspecified atom stereocenters. The molecule has 1 atom stereocenters. The summed E-state index contributed by atoms with van der Waals surface area (Å²) in [5, 5.41) is 11.4. The molecule has 0 aromatic carbocycles. The Balaban J connectivity index is 2.23.